The van der Waals surface area contributed by atoms with E-state index in [1.807, 2.05) is 59.5 Å². The molecule has 0 aliphatic carbocycles. The highest BCUT2D eigenvalue weighted by molar-refractivity contribution is 6.33. The van der Waals surface area contributed by atoms with Gasteiger partial charge in [-0.15, -0.1) is 5.10 Å². The number of halogens is 1. The summed E-state index contributed by atoms with van der Waals surface area (Å²) in [5, 5.41) is 18.9. The first kappa shape index (κ1) is 28.1. The van der Waals surface area contributed by atoms with Gasteiger partial charge in [-0.1, -0.05) is 65.3 Å². The molecule has 0 unspecified atom stereocenters. The molecular formula is C33H30ClN7O2. The number of methoxy groups -OCH3 is 1. The summed E-state index contributed by atoms with van der Waals surface area (Å²) in [5.74, 6) is 1.09. The van der Waals surface area contributed by atoms with Crippen LogP contribution in [0, 0.1) is 0 Å². The van der Waals surface area contributed by atoms with Crippen molar-refractivity contribution in [2.24, 2.45) is 0 Å². The lowest BCUT2D eigenvalue weighted by Crippen LogP contribution is -2.07. The highest BCUT2D eigenvalue weighted by Crippen LogP contribution is 2.30. The zero-order valence-corrected chi connectivity index (χ0v) is 24.4. The summed E-state index contributed by atoms with van der Waals surface area (Å²) in [5.41, 5.74) is 4.35. The minimum atomic E-state index is -0.391. The number of nitrogens with one attached hydrogen (secondary N) is 2. The van der Waals surface area contributed by atoms with E-state index in [9.17, 15) is 4.79 Å². The summed E-state index contributed by atoms with van der Waals surface area (Å²) >= 11 is 6.56. The van der Waals surface area contributed by atoms with Gasteiger partial charge in [0.15, 0.2) is 5.82 Å². The summed E-state index contributed by atoms with van der Waals surface area (Å²) in [6.45, 7) is 2.07. The van der Waals surface area contributed by atoms with E-state index in [4.69, 9.17) is 21.3 Å². The van der Waals surface area contributed by atoms with E-state index in [1.165, 1.54) is 7.11 Å². The van der Waals surface area contributed by atoms with Gasteiger partial charge < -0.3 is 15.4 Å². The number of aromatic nitrogens is 5. The normalized spacial score (nSPS) is 11.1. The molecule has 6 rings (SSSR count). The molecule has 0 amide bonds. The number of unbranched alkanes of at least 4 members (excludes halogenated alkanes) is 1. The molecule has 3 heterocycles. The molecule has 3 aromatic heterocycles. The minimum absolute atomic E-state index is 0.391. The number of hydrogen-bond acceptors (Lipinski definition) is 8. The molecule has 216 valence electrons. The average Bonchev–Trinajstić information content (AvgIpc) is 3.51. The third-order valence-corrected chi connectivity index (χ3v) is 7.57. The number of ether oxygens (including phenoxy) is 1. The Morgan fingerprint density at radius 1 is 0.953 bits per heavy atom. The van der Waals surface area contributed by atoms with Gasteiger partial charge in [0.05, 0.1) is 24.4 Å². The molecule has 0 aliphatic rings. The molecule has 10 heteroatoms. The monoisotopic (exact) mass is 591 g/mol. The van der Waals surface area contributed by atoms with Crippen LogP contribution in [0.15, 0.2) is 91.4 Å². The molecule has 0 radical (unpaired) electrons. The lowest BCUT2D eigenvalue weighted by atomic mass is 10.0. The third-order valence-electron chi connectivity index (χ3n) is 7.25. The van der Waals surface area contributed by atoms with Crippen molar-refractivity contribution < 1.29 is 9.53 Å². The molecule has 0 bridgehead atoms. The lowest BCUT2D eigenvalue weighted by Gasteiger charge is -2.12. The van der Waals surface area contributed by atoms with Gasteiger partial charge in [-0.05, 0) is 48.2 Å². The predicted molar refractivity (Wildman–Crippen MR) is 170 cm³/mol. The number of carbonyl (C=O) groups excluding carboxylic acids is 1. The second-order valence-electron chi connectivity index (χ2n) is 10.1. The highest BCUT2D eigenvalue weighted by atomic mass is 35.5. The van der Waals surface area contributed by atoms with E-state index in [0.717, 1.165) is 69.6 Å². The maximum Gasteiger partial charge on any atom is 0.337 e. The standard InChI is InChI=1S/C33H30ClN7O2/c1-43-33(42)24-10-12-26-28-20-35-15-13-27(28)32(38-30(26)18-24)36-14-5-6-16-41-21-31(39-40-41)37-19-22-9-11-25(29(34)17-22)23-7-3-2-4-8-23/h2-4,7-13,15,17-18,20-21,37H,5-6,14,16,19H2,1H3,(H,36,38). The molecule has 43 heavy (non-hydrogen) atoms. The fourth-order valence-electron chi connectivity index (χ4n) is 5.04. The van der Waals surface area contributed by atoms with Crippen LogP contribution >= 0.6 is 11.6 Å². The topological polar surface area (TPSA) is 107 Å². The van der Waals surface area contributed by atoms with Crippen LogP contribution < -0.4 is 10.6 Å². The van der Waals surface area contributed by atoms with Crippen molar-refractivity contribution in [1.29, 1.82) is 0 Å². The molecule has 0 atom stereocenters. The number of benzene rings is 3. The molecule has 2 N–H and O–H groups in total. The third kappa shape index (κ3) is 6.42. The first-order chi connectivity index (χ1) is 21.1. The van der Waals surface area contributed by atoms with Crippen molar-refractivity contribution in [1.82, 2.24) is 25.0 Å². The number of anilines is 2. The SMILES string of the molecule is COC(=O)c1ccc2c(c1)nc(NCCCCn1cc(NCc3ccc(-c4ccccc4)c(Cl)c3)nn1)c1ccncc12. The lowest BCUT2D eigenvalue weighted by molar-refractivity contribution is 0.0601. The van der Waals surface area contributed by atoms with Gasteiger partial charge in [0.2, 0.25) is 0 Å². The van der Waals surface area contributed by atoms with Crippen LogP contribution in [-0.4, -0.2) is 44.6 Å². The Balaban J connectivity index is 1.02. The number of esters is 1. The Hall–Kier alpha value is -5.02. The van der Waals surface area contributed by atoms with Gasteiger partial charge in [-0.2, -0.15) is 0 Å². The van der Waals surface area contributed by atoms with E-state index >= 15 is 0 Å². The number of nitrogens with zero attached hydrogens (tertiary/aromatic N) is 5. The number of pyridine rings is 2. The Morgan fingerprint density at radius 2 is 1.84 bits per heavy atom. The summed E-state index contributed by atoms with van der Waals surface area (Å²) in [7, 11) is 1.37. The largest absolute Gasteiger partial charge is 0.465 e. The van der Waals surface area contributed by atoms with Crippen LogP contribution in [0.1, 0.15) is 28.8 Å². The molecule has 0 saturated carbocycles. The Morgan fingerprint density at radius 3 is 2.67 bits per heavy atom. The van der Waals surface area contributed by atoms with Crippen molar-refractivity contribution in [3.8, 4) is 11.1 Å². The zero-order valence-electron chi connectivity index (χ0n) is 23.6. The fourth-order valence-corrected chi connectivity index (χ4v) is 5.35. The number of fused-ring (bicyclic) bond motifs is 3. The van der Waals surface area contributed by atoms with Gasteiger partial charge in [-0.25, -0.2) is 9.78 Å². The van der Waals surface area contributed by atoms with Crippen molar-refractivity contribution in [3.05, 3.63) is 108 Å². The van der Waals surface area contributed by atoms with Gasteiger partial charge in [0.25, 0.3) is 0 Å². The van der Waals surface area contributed by atoms with Crippen LogP contribution in [0.25, 0.3) is 32.8 Å². The van der Waals surface area contributed by atoms with E-state index < -0.39 is 5.97 Å². The second kappa shape index (κ2) is 12.9. The molecule has 0 saturated heterocycles. The maximum atomic E-state index is 12.0. The van der Waals surface area contributed by atoms with E-state index in [-0.39, 0.29) is 0 Å². The zero-order chi connectivity index (χ0) is 29.6. The molecule has 3 aromatic carbocycles. The molecule has 0 fully saturated rings. The number of hydrogen-bond donors (Lipinski definition) is 2. The van der Waals surface area contributed by atoms with E-state index in [0.29, 0.717) is 23.4 Å². The van der Waals surface area contributed by atoms with Gasteiger partial charge in [-0.3, -0.25) is 9.67 Å². The van der Waals surface area contributed by atoms with E-state index in [2.05, 4.69) is 44.1 Å². The van der Waals surface area contributed by atoms with Crippen LogP contribution in [0.4, 0.5) is 11.6 Å². The minimum Gasteiger partial charge on any atom is -0.465 e. The Bertz CT molecular complexity index is 1890. The quantitative estimate of drug-likeness (QED) is 0.0943. The van der Waals surface area contributed by atoms with Crippen LogP contribution in [0.5, 0.6) is 0 Å². The van der Waals surface area contributed by atoms with Crippen molar-refractivity contribution in [2.45, 2.75) is 25.9 Å². The van der Waals surface area contributed by atoms with Crippen LogP contribution in [-0.2, 0) is 17.8 Å². The fraction of sp³-hybridized carbons (Fsp3) is 0.182. The van der Waals surface area contributed by atoms with Crippen molar-refractivity contribution >= 4 is 50.9 Å². The first-order valence-corrected chi connectivity index (χ1v) is 14.4. The Labute approximate surface area is 253 Å². The van der Waals surface area contributed by atoms with E-state index in [1.54, 1.807) is 18.3 Å². The van der Waals surface area contributed by atoms with Crippen molar-refractivity contribution in [2.75, 3.05) is 24.3 Å². The number of rotatable bonds is 11. The molecule has 0 spiro atoms. The molecule has 0 aliphatic heterocycles. The molecular weight excluding hydrogens is 562 g/mol. The van der Waals surface area contributed by atoms with Crippen LogP contribution in [0.2, 0.25) is 5.02 Å². The molecule has 6 aromatic rings. The van der Waals surface area contributed by atoms with Gasteiger partial charge in [0.1, 0.15) is 5.82 Å². The van der Waals surface area contributed by atoms with Crippen LogP contribution in [0.3, 0.4) is 0 Å². The summed E-state index contributed by atoms with van der Waals surface area (Å²) in [6.07, 6.45) is 7.31. The summed E-state index contributed by atoms with van der Waals surface area (Å²) < 4.78 is 6.72. The number of carbonyl (C=O) groups is 1. The van der Waals surface area contributed by atoms with Gasteiger partial charge >= 0.3 is 5.97 Å². The first-order valence-electron chi connectivity index (χ1n) is 14.1. The predicted octanol–water partition coefficient (Wildman–Crippen LogP) is 6.99. The summed E-state index contributed by atoms with van der Waals surface area (Å²) in [4.78, 5) is 21.2. The second-order valence-corrected chi connectivity index (χ2v) is 10.5. The van der Waals surface area contributed by atoms with Crippen molar-refractivity contribution in [3.63, 3.8) is 0 Å². The smallest absolute Gasteiger partial charge is 0.337 e. The molecule has 9 nitrogen and oxygen atoms in total. The Kier molecular flexibility index (Phi) is 8.42. The average molecular weight is 592 g/mol. The van der Waals surface area contributed by atoms with Gasteiger partial charge in [0, 0.05) is 58.8 Å². The maximum absolute atomic E-state index is 12.0. The highest BCUT2D eigenvalue weighted by Gasteiger charge is 2.12. The number of aryl methyl sites for hydroxylation is 1. The summed E-state index contributed by atoms with van der Waals surface area (Å²) in [6, 6.07) is 23.6.